The van der Waals surface area contributed by atoms with Crippen LogP contribution in [-0.4, -0.2) is 46.8 Å². The Morgan fingerprint density at radius 3 is 2.56 bits per heavy atom. The molecule has 0 saturated carbocycles. The number of benzene rings is 1. The molecule has 0 aliphatic carbocycles. The fraction of sp³-hybridized carbons (Fsp3) is 0.333. The number of hydrogen-bond donors (Lipinski definition) is 3. The molecular weight excluding hydrogens is 473 g/mol. The van der Waals surface area contributed by atoms with E-state index in [1.54, 1.807) is 30.6 Å². The Morgan fingerprint density at radius 1 is 1.15 bits per heavy atom. The minimum atomic E-state index is 0.168. The van der Waals surface area contributed by atoms with Gasteiger partial charge in [0.25, 0.3) is 0 Å². The van der Waals surface area contributed by atoms with E-state index in [9.17, 15) is 0 Å². The van der Waals surface area contributed by atoms with Crippen molar-refractivity contribution in [2.75, 3.05) is 36.8 Å². The van der Waals surface area contributed by atoms with Gasteiger partial charge < -0.3 is 20.7 Å². The van der Waals surface area contributed by atoms with Crippen LogP contribution in [0.4, 0.5) is 11.6 Å². The van der Waals surface area contributed by atoms with Crippen molar-refractivity contribution in [2.24, 2.45) is 5.41 Å². The van der Waals surface area contributed by atoms with Gasteiger partial charge in [-0.2, -0.15) is 0 Å². The van der Waals surface area contributed by atoms with E-state index < -0.39 is 0 Å². The number of pyridine rings is 1. The number of nitrogen functional groups attached to an aromatic ring is 1. The summed E-state index contributed by atoms with van der Waals surface area (Å²) in [6.45, 7) is 4.27. The van der Waals surface area contributed by atoms with Crippen LogP contribution in [0.25, 0.3) is 0 Å². The lowest BCUT2D eigenvalue weighted by Gasteiger charge is -2.52. The first kappa shape index (κ1) is 22.8. The van der Waals surface area contributed by atoms with Gasteiger partial charge in [-0.25, -0.2) is 9.97 Å². The third-order valence-electron chi connectivity index (χ3n) is 6.45. The van der Waals surface area contributed by atoms with Gasteiger partial charge in [-0.05, 0) is 37.6 Å². The first-order chi connectivity index (χ1) is 16.4. The Hall–Kier alpha value is -2.94. The average molecular weight is 498 g/mol. The van der Waals surface area contributed by atoms with Crippen LogP contribution in [0, 0.1) is 10.8 Å². The Kier molecular flexibility index (Phi) is 6.29. The van der Waals surface area contributed by atoms with Crippen LogP contribution in [-0.2, 0) is 6.61 Å². The van der Waals surface area contributed by atoms with E-state index in [0.29, 0.717) is 49.5 Å². The van der Waals surface area contributed by atoms with Crippen molar-refractivity contribution in [1.82, 2.24) is 20.3 Å². The third kappa shape index (κ3) is 4.53. The maximum absolute atomic E-state index is 8.68. The number of halogens is 2. The zero-order chi connectivity index (χ0) is 23.7. The van der Waals surface area contributed by atoms with Crippen LogP contribution < -0.4 is 20.7 Å². The molecule has 1 aromatic carbocycles. The second-order valence-electron chi connectivity index (χ2n) is 8.90. The molecule has 2 aromatic heterocycles. The van der Waals surface area contributed by atoms with E-state index in [1.165, 1.54) is 25.2 Å². The fourth-order valence-electron chi connectivity index (χ4n) is 4.55. The highest BCUT2D eigenvalue weighted by molar-refractivity contribution is 6.35. The SMILES string of the molecule is N=C(c1cnc(N2CC3(CCCNC3)C2)nc1)c1cc(OCc2c(Cl)cncc2Cl)ccc1N. The molecule has 2 saturated heterocycles. The van der Waals surface area contributed by atoms with Crippen molar-refractivity contribution in [3.05, 3.63) is 69.7 Å². The summed E-state index contributed by atoms with van der Waals surface area (Å²) in [6, 6.07) is 5.18. The van der Waals surface area contributed by atoms with Gasteiger partial charge in [0.2, 0.25) is 5.95 Å². The van der Waals surface area contributed by atoms with Crippen LogP contribution in [0.3, 0.4) is 0 Å². The van der Waals surface area contributed by atoms with E-state index >= 15 is 0 Å². The number of ether oxygens (including phenoxy) is 1. The molecule has 1 spiro atoms. The van der Waals surface area contributed by atoms with Crippen LogP contribution in [0.15, 0.2) is 43.0 Å². The zero-order valence-electron chi connectivity index (χ0n) is 18.5. The van der Waals surface area contributed by atoms with Crippen LogP contribution in [0.2, 0.25) is 10.0 Å². The highest BCUT2D eigenvalue weighted by Crippen LogP contribution is 2.38. The summed E-state index contributed by atoms with van der Waals surface area (Å²) in [5.41, 5.74) is 8.99. The standard InChI is InChI=1S/C24H25Cl2N7O/c25-19-9-30-10-20(26)18(19)11-34-16-2-3-21(27)17(6-16)22(28)15-7-31-23(32-8-15)33-13-24(14-33)4-1-5-29-12-24/h2-3,6-10,28-29H,1,4-5,11-14,27H2. The summed E-state index contributed by atoms with van der Waals surface area (Å²) < 4.78 is 5.87. The summed E-state index contributed by atoms with van der Waals surface area (Å²) in [5.74, 6) is 1.24. The number of nitrogens with one attached hydrogen (secondary N) is 2. The van der Waals surface area contributed by atoms with Crippen molar-refractivity contribution in [3.63, 3.8) is 0 Å². The van der Waals surface area contributed by atoms with Crippen LogP contribution in [0.5, 0.6) is 5.75 Å². The minimum absolute atomic E-state index is 0.168. The molecule has 0 radical (unpaired) electrons. The molecule has 4 heterocycles. The molecule has 0 bridgehead atoms. The molecular formula is C24H25Cl2N7O. The first-order valence-corrected chi connectivity index (χ1v) is 11.9. The lowest BCUT2D eigenvalue weighted by molar-refractivity contribution is 0.155. The number of nitrogens with zero attached hydrogens (tertiary/aromatic N) is 4. The monoisotopic (exact) mass is 497 g/mol. The van der Waals surface area contributed by atoms with Crippen molar-refractivity contribution in [2.45, 2.75) is 19.4 Å². The molecule has 8 nitrogen and oxygen atoms in total. The Labute approximate surface area is 208 Å². The highest BCUT2D eigenvalue weighted by atomic mass is 35.5. The predicted octanol–water partition coefficient (Wildman–Crippen LogP) is 3.95. The van der Waals surface area contributed by atoms with Gasteiger partial charge in [0.1, 0.15) is 12.4 Å². The number of rotatable bonds is 6. The van der Waals surface area contributed by atoms with Gasteiger partial charge in [0.05, 0.1) is 15.8 Å². The van der Waals surface area contributed by atoms with Crippen molar-refractivity contribution < 1.29 is 4.74 Å². The summed E-state index contributed by atoms with van der Waals surface area (Å²) in [7, 11) is 0. The molecule has 176 valence electrons. The second-order valence-corrected chi connectivity index (χ2v) is 9.72. The lowest BCUT2D eigenvalue weighted by atomic mass is 9.74. The van der Waals surface area contributed by atoms with Crippen molar-refractivity contribution >= 4 is 40.5 Å². The molecule has 4 N–H and O–H groups in total. The molecule has 2 aliphatic rings. The number of nitrogens with two attached hydrogens (primary N) is 1. The zero-order valence-corrected chi connectivity index (χ0v) is 20.0. The predicted molar refractivity (Wildman–Crippen MR) is 134 cm³/mol. The second kappa shape index (κ2) is 9.37. The van der Waals surface area contributed by atoms with Gasteiger partial charge in [-0.3, -0.25) is 10.4 Å². The summed E-state index contributed by atoms with van der Waals surface area (Å²) in [4.78, 5) is 15.2. The molecule has 0 amide bonds. The molecule has 0 atom stereocenters. The topological polar surface area (TPSA) is 113 Å². The average Bonchev–Trinajstić information content (AvgIpc) is 2.83. The Balaban J connectivity index is 1.27. The van der Waals surface area contributed by atoms with E-state index in [1.807, 2.05) is 0 Å². The summed E-state index contributed by atoms with van der Waals surface area (Å²) in [6.07, 6.45) is 8.86. The molecule has 2 fully saturated rings. The largest absolute Gasteiger partial charge is 0.489 e. The molecule has 3 aromatic rings. The van der Waals surface area contributed by atoms with E-state index in [2.05, 4.69) is 25.2 Å². The van der Waals surface area contributed by atoms with E-state index in [4.69, 9.17) is 39.1 Å². The van der Waals surface area contributed by atoms with Gasteiger partial charge in [-0.15, -0.1) is 0 Å². The fourth-order valence-corrected chi connectivity index (χ4v) is 5.02. The molecule has 2 aliphatic heterocycles. The van der Waals surface area contributed by atoms with Gasteiger partial charge in [-0.1, -0.05) is 23.2 Å². The van der Waals surface area contributed by atoms with Gasteiger partial charge in [0.15, 0.2) is 0 Å². The van der Waals surface area contributed by atoms with E-state index in [0.717, 1.165) is 26.2 Å². The normalized spacial score (nSPS) is 16.8. The summed E-state index contributed by atoms with van der Waals surface area (Å²) in [5, 5.41) is 13.0. The molecule has 10 heteroatoms. The number of anilines is 2. The highest BCUT2D eigenvalue weighted by Gasteiger charge is 2.44. The molecule has 0 unspecified atom stereocenters. The smallest absolute Gasteiger partial charge is 0.225 e. The van der Waals surface area contributed by atoms with Crippen LogP contribution in [0.1, 0.15) is 29.5 Å². The number of hydrogen-bond acceptors (Lipinski definition) is 8. The van der Waals surface area contributed by atoms with Crippen LogP contribution >= 0.6 is 23.2 Å². The third-order valence-corrected chi connectivity index (χ3v) is 7.10. The van der Waals surface area contributed by atoms with Gasteiger partial charge in [0, 0.05) is 72.2 Å². The van der Waals surface area contributed by atoms with Crippen molar-refractivity contribution in [1.29, 1.82) is 5.41 Å². The van der Waals surface area contributed by atoms with Crippen molar-refractivity contribution in [3.8, 4) is 5.75 Å². The van der Waals surface area contributed by atoms with E-state index in [-0.39, 0.29) is 12.3 Å². The number of piperidine rings is 1. The lowest BCUT2D eigenvalue weighted by Crippen LogP contribution is -2.62. The summed E-state index contributed by atoms with van der Waals surface area (Å²) >= 11 is 12.3. The maximum atomic E-state index is 8.68. The molecule has 5 rings (SSSR count). The minimum Gasteiger partial charge on any atom is -0.489 e. The quantitative estimate of drug-likeness (QED) is 0.349. The first-order valence-electron chi connectivity index (χ1n) is 11.1. The Bertz CT molecular complexity index is 1180. The Morgan fingerprint density at radius 2 is 1.88 bits per heavy atom. The van der Waals surface area contributed by atoms with Gasteiger partial charge >= 0.3 is 0 Å². The number of aromatic nitrogens is 3. The maximum Gasteiger partial charge on any atom is 0.225 e. The molecule has 34 heavy (non-hydrogen) atoms.